The summed E-state index contributed by atoms with van der Waals surface area (Å²) in [6.45, 7) is 0. The van der Waals surface area contributed by atoms with E-state index >= 15 is 0 Å². The van der Waals surface area contributed by atoms with Crippen molar-refractivity contribution in [2.45, 2.75) is 0 Å². The fourth-order valence-corrected chi connectivity index (χ4v) is 2.09. The van der Waals surface area contributed by atoms with Crippen molar-refractivity contribution in [1.82, 2.24) is 5.43 Å². The molecule has 0 bridgehead atoms. The third-order valence-electron chi connectivity index (χ3n) is 2.59. The van der Waals surface area contributed by atoms with Crippen LogP contribution in [-0.2, 0) is 0 Å². The van der Waals surface area contributed by atoms with Crippen LogP contribution in [0.2, 0.25) is 10.0 Å². The fraction of sp³-hybridized carbons (Fsp3) is 0. The van der Waals surface area contributed by atoms with E-state index < -0.39 is 0 Å². The van der Waals surface area contributed by atoms with Crippen LogP contribution in [0.3, 0.4) is 0 Å². The van der Waals surface area contributed by atoms with E-state index in [0.717, 1.165) is 5.56 Å². The molecule has 0 fully saturated rings. The van der Waals surface area contributed by atoms with Gasteiger partial charge in [0.25, 0.3) is 5.91 Å². The Labute approximate surface area is 132 Å². The Balaban J connectivity index is 1.92. The van der Waals surface area contributed by atoms with Crippen molar-refractivity contribution in [3.63, 3.8) is 0 Å². The van der Waals surface area contributed by atoms with Gasteiger partial charge in [0, 0.05) is 11.2 Å². The van der Waals surface area contributed by atoms with Gasteiger partial charge >= 0.3 is 0 Å². The lowest BCUT2D eigenvalue weighted by Crippen LogP contribution is -2.17. The van der Waals surface area contributed by atoms with Crippen LogP contribution in [0.1, 0.15) is 15.9 Å². The molecule has 21 heavy (non-hydrogen) atoms. The van der Waals surface area contributed by atoms with Crippen LogP contribution in [-0.4, -0.2) is 12.1 Å². The van der Waals surface area contributed by atoms with Gasteiger partial charge in [0.15, 0.2) is 0 Å². The first-order chi connectivity index (χ1) is 10.2. The minimum Gasteiger partial charge on any atom is -0.267 e. The maximum atomic E-state index is 11.8. The molecule has 0 aromatic heterocycles. The van der Waals surface area contributed by atoms with Gasteiger partial charge in [-0.2, -0.15) is 5.10 Å². The van der Waals surface area contributed by atoms with Gasteiger partial charge in [-0.15, -0.1) is 0 Å². The van der Waals surface area contributed by atoms with E-state index in [1.165, 1.54) is 12.3 Å². The second-order valence-electron chi connectivity index (χ2n) is 4.11. The quantitative estimate of drug-likeness (QED) is 0.658. The Hall–Kier alpha value is -2.10. The van der Waals surface area contributed by atoms with E-state index in [1.54, 1.807) is 18.2 Å². The van der Waals surface area contributed by atoms with Crippen molar-refractivity contribution < 1.29 is 4.79 Å². The number of halogens is 2. The highest BCUT2D eigenvalue weighted by molar-refractivity contribution is 6.36. The third-order valence-corrected chi connectivity index (χ3v) is 3.14. The van der Waals surface area contributed by atoms with Gasteiger partial charge in [0.2, 0.25) is 0 Å². The number of hydrogen-bond acceptors (Lipinski definition) is 2. The zero-order valence-corrected chi connectivity index (χ0v) is 12.5. The average molecular weight is 319 g/mol. The summed E-state index contributed by atoms with van der Waals surface area (Å²) < 4.78 is 0. The number of nitrogens with zero attached hydrogens (tertiary/aromatic N) is 1. The first-order valence-electron chi connectivity index (χ1n) is 6.17. The van der Waals surface area contributed by atoms with E-state index in [0.29, 0.717) is 10.6 Å². The van der Waals surface area contributed by atoms with Crippen LogP contribution < -0.4 is 5.43 Å². The molecule has 0 radical (unpaired) electrons. The molecule has 0 aliphatic rings. The van der Waals surface area contributed by atoms with Crippen molar-refractivity contribution >= 4 is 41.4 Å². The molecule has 5 heteroatoms. The number of hydrogen-bond donors (Lipinski definition) is 1. The molecule has 3 nitrogen and oxygen atoms in total. The van der Waals surface area contributed by atoms with Crippen LogP contribution in [0.4, 0.5) is 0 Å². The normalized spacial score (nSPS) is 11.1. The summed E-state index contributed by atoms with van der Waals surface area (Å²) in [5.41, 5.74) is 3.77. The van der Waals surface area contributed by atoms with Crippen molar-refractivity contribution in [2.24, 2.45) is 5.10 Å². The number of carbonyl (C=O) groups excluding carboxylic acids is 1. The van der Waals surface area contributed by atoms with E-state index in [-0.39, 0.29) is 10.9 Å². The monoisotopic (exact) mass is 318 g/mol. The zero-order valence-electron chi connectivity index (χ0n) is 11.0. The van der Waals surface area contributed by atoms with Gasteiger partial charge in [0.05, 0.1) is 10.6 Å². The molecule has 0 saturated heterocycles. The highest BCUT2D eigenvalue weighted by Crippen LogP contribution is 2.20. The minimum absolute atomic E-state index is 0.287. The maximum absolute atomic E-state index is 11.8. The van der Waals surface area contributed by atoms with E-state index in [2.05, 4.69) is 10.5 Å². The van der Waals surface area contributed by atoms with Crippen LogP contribution in [0, 0.1) is 0 Å². The van der Waals surface area contributed by atoms with Crippen molar-refractivity contribution in [3.05, 3.63) is 75.8 Å². The first-order valence-corrected chi connectivity index (χ1v) is 6.92. The second kappa shape index (κ2) is 7.62. The van der Waals surface area contributed by atoms with Gasteiger partial charge in [-0.25, -0.2) is 5.43 Å². The molecule has 0 unspecified atom stereocenters. The summed E-state index contributed by atoms with van der Waals surface area (Å²) in [5.74, 6) is -0.388. The molecular weight excluding hydrogens is 307 g/mol. The molecule has 0 aliphatic carbocycles. The van der Waals surface area contributed by atoms with Gasteiger partial charge in [0.1, 0.15) is 0 Å². The SMILES string of the molecule is O=C(N/N=C/C=C/c1ccccc1)c1ccc(Cl)cc1Cl. The smallest absolute Gasteiger partial charge is 0.267 e. The summed E-state index contributed by atoms with van der Waals surface area (Å²) >= 11 is 11.7. The summed E-state index contributed by atoms with van der Waals surface area (Å²) in [7, 11) is 0. The number of allylic oxidation sites excluding steroid dienone is 1. The van der Waals surface area contributed by atoms with Crippen molar-refractivity contribution in [3.8, 4) is 0 Å². The number of benzene rings is 2. The molecule has 0 aliphatic heterocycles. The molecule has 2 aromatic rings. The first kappa shape index (κ1) is 15.3. The van der Waals surface area contributed by atoms with Gasteiger partial charge in [-0.3, -0.25) is 4.79 Å². The number of nitrogens with one attached hydrogen (secondary N) is 1. The predicted octanol–water partition coefficient (Wildman–Crippen LogP) is 4.42. The molecule has 1 amide bonds. The minimum atomic E-state index is -0.388. The lowest BCUT2D eigenvalue weighted by molar-refractivity contribution is 0.0955. The maximum Gasteiger partial charge on any atom is 0.272 e. The number of rotatable bonds is 4. The van der Waals surface area contributed by atoms with Crippen LogP contribution >= 0.6 is 23.2 Å². The van der Waals surface area contributed by atoms with Crippen LogP contribution in [0.15, 0.2) is 59.7 Å². The Morgan fingerprint density at radius 1 is 1.10 bits per heavy atom. The molecule has 0 atom stereocenters. The number of amides is 1. The molecule has 106 valence electrons. The fourth-order valence-electron chi connectivity index (χ4n) is 1.59. The third kappa shape index (κ3) is 4.74. The predicted molar refractivity (Wildman–Crippen MR) is 87.9 cm³/mol. The molecule has 0 saturated carbocycles. The lowest BCUT2D eigenvalue weighted by Gasteiger charge is -2.02. The van der Waals surface area contributed by atoms with Gasteiger partial charge < -0.3 is 0 Å². The topological polar surface area (TPSA) is 41.5 Å². The molecule has 0 spiro atoms. The van der Waals surface area contributed by atoms with E-state index in [1.807, 2.05) is 36.4 Å². The molecule has 0 heterocycles. The molecule has 1 N–H and O–H groups in total. The second-order valence-corrected chi connectivity index (χ2v) is 4.96. The summed E-state index contributed by atoms with van der Waals surface area (Å²) in [6.07, 6.45) is 5.11. The highest BCUT2D eigenvalue weighted by Gasteiger charge is 2.09. The van der Waals surface area contributed by atoms with Crippen LogP contribution in [0.25, 0.3) is 6.08 Å². The van der Waals surface area contributed by atoms with Gasteiger partial charge in [-0.1, -0.05) is 59.6 Å². The molecule has 2 rings (SSSR count). The zero-order chi connectivity index (χ0) is 15.1. The standard InChI is InChI=1S/C16H12Cl2N2O/c17-13-8-9-14(15(18)11-13)16(21)20-19-10-4-7-12-5-2-1-3-6-12/h1-11H,(H,20,21)/b7-4+,19-10+. The summed E-state index contributed by atoms with van der Waals surface area (Å²) in [5, 5.41) is 4.59. The van der Waals surface area contributed by atoms with Crippen molar-refractivity contribution in [1.29, 1.82) is 0 Å². The summed E-state index contributed by atoms with van der Waals surface area (Å²) in [6, 6.07) is 14.4. The lowest BCUT2D eigenvalue weighted by atomic mass is 10.2. The number of carbonyl (C=O) groups is 1. The van der Waals surface area contributed by atoms with E-state index in [9.17, 15) is 4.79 Å². The largest absolute Gasteiger partial charge is 0.272 e. The van der Waals surface area contributed by atoms with Crippen LogP contribution in [0.5, 0.6) is 0 Å². The average Bonchev–Trinajstić information content (AvgIpc) is 2.47. The highest BCUT2D eigenvalue weighted by atomic mass is 35.5. The van der Waals surface area contributed by atoms with Gasteiger partial charge in [-0.05, 0) is 29.8 Å². The Kier molecular flexibility index (Phi) is 5.55. The molecule has 2 aromatic carbocycles. The van der Waals surface area contributed by atoms with Crippen molar-refractivity contribution in [2.75, 3.05) is 0 Å². The molecular formula is C16H12Cl2N2O. The van der Waals surface area contributed by atoms with E-state index in [4.69, 9.17) is 23.2 Å². The Bertz CT molecular complexity index is 682. The Morgan fingerprint density at radius 2 is 1.86 bits per heavy atom. The Morgan fingerprint density at radius 3 is 2.57 bits per heavy atom. The number of hydrazone groups is 1. The summed E-state index contributed by atoms with van der Waals surface area (Å²) in [4.78, 5) is 11.8.